The normalized spacial score (nSPS) is 12.9. The van der Waals surface area contributed by atoms with Crippen molar-refractivity contribution < 1.29 is 18.0 Å². The first-order chi connectivity index (χ1) is 18.0. The van der Waals surface area contributed by atoms with E-state index in [1.165, 1.54) is 17.0 Å². The molecule has 38 heavy (non-hydrogen) atoms. The zero-order valence-corrected chi connectivity index (χ0v) is 24.6. The summed E-state index contributed by atoms with van der Waals surface area (Å²) in [6, 6.07) is 20.7. The third-order valence-corrected chi connectivity index (χ3v) is 8.63. The molecule has 0 aliphatic rings. The number of anilines is 1. The highest BCUT2D eigenvalue weighted by molar-refractivity contribution is 9.10. The van der Waals surface area contributed by atoms with Crippen LogP contribution in [0.5, 0.6) is 0 Å². The van der Waals surface area contributed by atoms with Crippen molar-refractivity contribution in [3.05, 3.63) is 93.9 Å². The largest absolute Gasteiger partial charge is 0.352 e. The standard InChI is InChI=1S/C28H31BrClN3O4S/c1-4-20(2)31-28(35)21(3)32(18-22-10-8-12-24(30)16-22)27(34)19-33(25-13-9-11-23(29)17-25)38(36,37)26-14-6-5-7-15-26/h5-17,20-21H,4,18-19H2,1-3H3,(H,31,35)/t20-,21-/m0/s1. The number of halogens is 2. The lowest BCUT2D eigenvalue weighted by Gasteiger charge is -2.32. The maximum Gasteiger partial charge on any atom is 0.264 e. The van der Waals surface area contributed by atoms with E-state index >= 15 is 0 Å². The predicted molar refractivity (Wildman–Crippen MR) is 154 cm³/mol. The number of nitrogens with one attached hydrogen (secondary N) is 1. The number of carbonyl (C=O) groups is 2. The van der Waals surface area contributed by atoms with Crippen LogP contribution in [0.3, 0.4) is 0 Å². The smallest absolute Gasteiger partial charge is 0.264 e. The van der Waals surface area contributed by atoms with Gasteiger partial charge in [0.15, 0.2) is 0 Å². The van der Waals surface area contributed by atoms with Crippen LogP contribution in [0.1, 0.15) is 32.8 Å². The van der Waals surface area contributed by atoms with Crippen LogP contribution in [-0.4, -0.2) is 43.8 Å². The van der Waals surface area contributed by atoms with Crippen LogP contribution in [0.25, 0.3) is 0 Å². The first-order valence-corrected chi connectivity index (χ1v) is 14.8. The predicted octanol–water partition coefficient (Wildman–Crippen LogP) is 5.63. The molecule has 0 unspecified atom stereocenters. The van der Waals surface area contributed by atoms with Crippen molar-refractivity contribution in [1.82, 2.24) is 10.2 Å². The lowest BCUT2D eigenvalue weighted by atomic mass is 10.1. The van der Waals surface area contributed by atoms with E-state index in [-0.39, 0.29) is 23.4 Å². The average Bonchev–Trinajstić information content (AvgIpc) is 2.90. The maximum absolute atomic E-state index is 13.9. The molecule has 202 valence electrons. The minimum atomic E-state index is -4.10. The quantitative estimate of drug-likeness (QED) is 0.301. The minimum Gasteiger partial charge on any atom is -0.352 e. The fourth-order valence-electron chi connectivity index (χ4n) is 3.76. The first kappa shape index (κ1) is 29.7. The lowest BCUT2D eigenvalue weighted by Crippen LogP contribution is -2.52. The van der Waals surface area contributed by atoms with E-state index in [1.807, 2.05) is 13.8 Å². The van der Waals surface area contributed by atoms with Crippen molar-refractivity contribution in [2.24, 2.45) is 0 Å². The Balaban J connectivity index is 2.02. The summed E-state index contributed by atoms with van der Waals surface area (Å²) in [4.78, 5) is 28.4. The summed E-state index contributed by atoms with van der Waals surface area (Å²) in [6.07, 6.45) is 0.729. The van der Waals surface area contributed by atoms with Gasteiger partial charge in [0, 0.05) is 22.1 Å². The van der Waals surface area contributed by atoms with Crippen molar-refractivity contribution in [3.63, 3.8) is 0 Å². The lowest BCUT2D eigenvalue weighted by molar-refractivity contribution is -0.139. The van der Waals surface area contributed by atoms with Gasteiger partial charge in [-0.3, -0.25) is 13.9 Å². The number of hydrogen-bond donors (Lipinski definition) is 1. The van der Waals surface area contributed by atoms with Crippen molar-refractivity contribution in [2.75, 3.05) is 10.8 Å². The van der Waals surface area contributed by atoms with Gasteiger partial charge < -0.3 is 10.2 Å². The van der Waals surface area contributed by atoms with E-state index in [9.17, 15) is 18.0 Å². The molecule has 2 atom stereocenters. The van der Waals surface area contributed by atoms with Gasteiger partial charge in [0.25, 0.3) is 10.0 Å². The molecule has 0 heterocycles. The van der Waals surface area contributed by atoms with E-state index in [2.05, 4.69) is 21.2 Å². The van der Waals surface area contributed by atoms with E-state index in [4.69, 9.17) is 11.6 Å². The fourth-order valence-corrected chi connectivity index (χ4v) is 5.79. The van der Waals surface area contributed by atoms with Gasteiger partial charge in [0.1, 0.15) is 12.6 Å². The molecule has 0 fully saturated rings. The van der Waals surface area contributed by atoms with Gasteiger partial charge in [0.05, 0.1) is 10.6 Å². The Labute approximate surface area is 238 Å². The zero-order chi connectivity index (χ0) is 27.9. The molecule has 0 aliphatic carbocycles. The third-order valence-electron chi connectivity index (χ3n) is 6.12. The van der Waals surface area contributed by atoms with Gasteiger partial charge in [-0.15, -0.1) is 0 Å². The van der Waals surface area contributed by atoms with Crippen LogP contribution >= 0.6 is 27.5 Å². The van der Waals surface area contributed by atoms with Crippen molar-refractivity contribution >= 4 is 55.1 Å². The molecule has 7 nitrogen and oxygen atoms in total. The Bertz CT molecular complexity index is 1370. The molecule has 1 N–H and O–H groups in total. The second-order valence-corrected chi connectivity index (χ2v) is 12.2. The van der Waals surface area contributed by atoms with Crippen molar-refractivity contribution in [3.8, 4) is 0 Å². The van der Waals surface area contributed by atoms with Crippen LogP contribution in [0, 0.1) is 0 Å². The highest BCUT2D eigenvalue weighted by atomic mass is 79.9. The molecular weight excluding hydrogens is 590 g/mol. The molecule has 0 aromatic heterocycles. The van der Waals surface area contributed by atoms with Gasteiger partial charge in [-0.25, -0.2) is 8.42 Å². The molecule has 0 aliphatic heterocycles. The summed E-state index contributed by atoms with van der Waals surface area (Å²) < 4.78 is 29.2. The van der Waals surface area contributed by atoms with Crippen LogP contribution in [0.2, 0.25) is 5.02 Å². The second-order valence-electron chi connectivity index (χ2n) is 8.95. The van der Waals surface area contributed by atoms with Crippen LogP contribution < -0.4 is 9.62 Å². The first-order valence-electron chi connectivity index (χ1n) is 12.2. The number of hydrogen-bond acceptors (Lipinski definition) is 4. The van der Waals surface area contributed by atoms with Crippen LogP contribution in [0.15, 0.2) is 88.2 Å². The van der Waals surface area contributed by atoms with Crippen molar-refractivity contribution in [2.45, 2.75) is 50.7 Å². The third kappa shape index (κ3) is 7.58. The summed E-state index contributed by atoms with van der Waals surface area (Å²) in [5.41, 5.74) is 1.03. The monoisotopic (exact) mass is 619 g/mol. The van der Waals surface area contributed by atoms with Gasteiger partial charge in [-0.2, -0.15) is 0 Å². The fraction of sp³-hybridized carbons (Fsp3) is 0.286. The topological polar surface area (TPSA) is 86.8 Å². The molecule has 3 aromatic rings. The number of benzene rings is 3. The van der Waals surface area contributed by atoms with Crippen LogP contribution in [-0.2, 0) is 26.2 Å². The summed E-state index contributed by atoms with van der Waals surface area (Å²) in [7, 11) is -4.10. The van der Waals surface area contributed by atoms with E-state index in [0.717, 1.165) is 10.7 Å². The molecule has 10 heteroatoms. The summed E-state index contributed by atoms with van der Waals surface area (Å²) in [6.45, 7) is 5.04. The molecule has 2 amide bonds. The Morgan fingerprint density at radius 1 is 0.974 bits per heavy atom. The van der Waals surface area contributed by atoms with Gasteiger partial charge in [-0.1, -0.05) is 70.9 Å². The highest BCUT2D eigenvalue weighted by Crippen LogP contribution is 2.27. The SMILES string of the molecule is CC[C@H](C)NC(=O)[C@H](C)N(Cc1cccc(Cl)c1)C(=O)CN(c1cccc(Br)c1)S(=O)(=O)c1ccccc1. The summed E-state index contributed by atoms with van der Waals surface area (Å²) in [5, 5.41) is 3.41. The molecule has 0 saturated heterocycles. The molecule has 0 bridgehead atoms. The number of carbonyl (C=O) groups excluding carboxylic acids is 2. The Morgan fingerprint density at radius 3 is 2.29 bits per heavy atom. The molecule has 3 rings (SSSR count). The number of rotatable bonds is 11. The molecule has 0 radical (unpaired) electrons. The Morgan fingerprint density at radius 2 is 1.66 bits per heavy atom. The highest BCUT2D eigenvalue weighted by Gasteiger charge is 2.32. The van der Waals surface area contributed by atoms with Crippen LogP contribution in [0.4, 0.5) is 5.69 Å². The number of amides is 2. The second kappa shape index (κ2) is 13.3. The minimum absolute atomic E-state index is 0.0525. The average molecular weight is 621 g/mol. The molecular formula is C28H31BrClN3O4S. The maximum atomic E-state index is 13.9. The van der Waals surface area contributed by atoms with E-state index in [0.29, 0.717) is 20.7 Å². The van der Waals surface area contributed by atoms with Gasteiger partial charge in [0.2, 0.25) is 11.8 Å². The van der Waals surface area contributed by atoms with E-state index in [1.54, 1.807) is 73.7 Å². The molecule has 0 saturated carbocycles. The van der Waals surface area contributed by atoms with Gasteiger partial charge in [-0.05, 0) is 68.3 Å². The summed E-state index contributed by atoms with van der Waals surface area (Å²) in [5.74, 6) is -0.856. The zero-order valence-electron chi connectivity index (χ0n) is 21.5. The van der Waals surface area contributed by atoms with Crippen molar-refractivity contribution in [1.29, 1.82) is 0 Å². The van der Waals surface area contributed by atoms with Gasteiger partial charge >= 0.3 is 0 Å². The number of sulfonamides is 1. The van der Waals surface area contributed by atoms with E-state index < -0.39 is 28.5 Å². The molecule has 3 aromatic carbocycles. The summed E-state index contributed by atoms with van der Waals surface area (Å²) >= 11 is 9.56. The Hall–Kier alpha value is -2.88. The Kier molecular flexibility index (Phi) is 10.4. The number of nitrogens with zero attached hydrogens (tertiary/aromatic N) is 2. The molecule has 0 spiro atoms.